The summed E-state index contributed by atoms with van der Waals surface area (Å²) in [6, 6.07) is 5.93. The molecule has 0 fully saturated rings. The van der Waals surface area contributed by atoms with Gasteiger partial charge < -0.3 is 10.5 Å². The number of nitrogens with one attached hydrogen (secondary N) is 1. The number of benzene rings is 1. The molecule has 0 saturated carbocycles. The van der Waals surface area contributed by atoms with Gasteiger partial charge in [-0.3, -0.25) is 5.32 Å². The van der Waals surface area contributed by atoms with E-state index in [0.717, 1.165) is 15.8 Å². The highest BCUT2D eigenvalue weighted by atomic mass is 79.9. The second-order valence-electron chi connectivity index (χ2n) is 3.27. The lowest BCUT2D eigenvalue weighted by molar-refractivity contribution is 0.411. The zero-order valence-corrected chi connectivity index (χ0v) is 10.8. The van der Waals surface area contributed by atoms with Gasteiger partial charge in [0.05, 0.1) is 18.1 Å². The predicted octanol–water partition coefficient (Wildman–Crippen LogP) is 1.68. The number of halogens is 1. The maximum Gasteiger partial charge on any atom is 0.133 e. The standard InChI is InChI=1S/C12H15BrN2O/c1-3-6-15-11(8-14)9-4-5-12(16-2)10(13)7-9/h1,4-5,7,11,15H,6,8,14H2,2H3. The molecular formula is C12H15BrN2O. The number of terminal acetylenes is 1. The SMILES string of the molecule is C#CCNC(CN)c1ccc(OC)c(Br)c1. The molecule has 86 valence electrons. The van der Waals surface area contributed by atoms with E-state index in [1.165, 1.54) is 0 Å². The average molecular weight is 283 g/mol. The van der Waals surface area contributed by atoms with Crippen molar-refractivity contribution in [2.45, 2.75) is 6.04 Å². The van der Waals surface area contributed by atoms with E-state index in [1.807, 2.05) is 18.2 Å². The predicted molar refractivity (Wildman–Crippen MR) is 69.3 cm³/mol. The Morgan fingerprint density at radius 3 is 2.88 bits per heavy atom. The summed E-state index contributed by atoms with van der Waals surface area (Å²) < 4.78 is 6.07. The third-order valence-electron chi connectivity index (χ3n) is 2.26. The van der Waals surface area contributed by atoms with Crippen LogP contribution in [0.4, 0.5) is 0 Å². The third kappa shape index (κ3) is 3.24. The molecule has 1 aromatic carbocycles. The first-order valence-corrected chi connectivity index (χ1v) is 5.72. The van der Waals surface area contributed by atoms with Crippen LogP contribution in [-0.4, -0.2) is 20.2 Å². The fraction of sp³-hybridized carbons (Fsp3) is 0.333. The summed E-state index contributed by atoms with van der Waals surface area (Å²) in [5.74, 6) is 3.34. The van der Waals surface area contributed by atoms with E-state index in [1.54, 1.807) is 7.11 Å². The molecule has 0 heterocycles. The van der Waals surface area contributed by atoms with E-state index in [2.05, 4.69) is 27.2 Å². The van der Waals surface area contributed by atoms with Crippen LogP contribution in [0.2, 0.25) is 0 Å². The molecule has 4 heteroatoms. The first-order chi connectivity index (χ1) is 7.72. The molecule has 0 aromatic heterocycles. The Labute approximate surface area is 104 Å². The number of rotatable bonds is 5. The van der Waals surface area contributed by atoms with Crippen LogP contribution in [-0.2, 0) is 0 Å². The first kappa shape index (κ1) is 13.0. The van der Waals surface area contributed by atoms with Crippen LogP contribution >= 0.6 is 15.9 Å². The van der Waals surface area contributed by atoms with Crippen molar-refractivity contribution in [2.24, 2.45) is 5.73 Å². The second kappa shape index (κ2) is 6.54. The van der Waals surface area contributed by atoms with E-state index < -0.39 is 0 Å². The second-order valence-corrected chi connectivity index (χ2v) is 4.12. The van der Waals surface area contributed by atoms with Gasteiger partial charge in [0.2, 0.25) is 0 Å². The molecule has 0 aliphatic carbocycles. The van der Waals surface area contributed by atoms with Crippen molar-refractivity contribution >= 4 is 15.9 Å². The Balaban J connectivity index is 2.85. The summed E-state index contributed by atoms with van der Waals surface area (Å²) in [6.07, 6.45) is 5.20. The summed E-state index contributed by atoms with van der Waals surface area (Å²) in [4.78, 5) is 0. The van der Waals surface area contributed by atoms with Crippen LogP contribution in [0.3, 0.4) is 0 Å². The van der Waals surface area contributed by atoms with E-state index in [-0.39, 0.29) is 6.04 Å². The largest absolute Gasteiger partial charge is 0.496 e. The van der Waals surface area contributed by atoms with Gasteiger partial charge in [-0.2, -0.15) is 0 Å². The molecule has 1 aromatic rings. The smallest absolute Gasteiger partial charge is 0.133 e. The van der Waals surface area contributed by atoms with Crippen molar-refractivity contribution in [1.29, 1.82) is 0 Å². The van der Waals surface area contributed by atoms with E-state index >= 15 is 0 Å². The third-order valence-corrected chi connectivity index (χ3v) is 2.88. The van der Waals surface area contributed by atoms with Crippen molar-refractivity contribution in [2.75, 3.05) is 20.2 Å². The number of ether oxygens (including phenoxy) is 1. The Morgan fingerprint density at radius 2 is 2.38 bits per heavy atom. The monoisotopic (exact) mass is 282 g/mol. The minimum atomic E-state index is 0.0678. The summed E-state index contributed by atoms with van der Waals surface area (Å²) in [7, 11) is 1.64. The quantitative estimate of drug-likeness (QED) is 0.808. The van der Waals surface area contributed by atoms with Gasteiger partial charge in [0, 0.05) is 12.6 Å². The van der Waals surface area contributed by atoms with E-state index in [9.17, 15) is 0 Å². The maximum atomic E-state index is 5.69. The Bertz CT molecular complexity index is 387. The molecule has 0 saturated heterocycles. The lowest BCUT2D eigenvalue weighted by Crippen LogP contribution is -2.28. The zero-order valence-electron chi connectivity index (χ0n) is 9.16. The highest BCUT2D eigenvalue weighted by Crippen LogP contribution is 2.27. The minimum absolute atomic E-state index is 0.0678. The number of nitrogens with two attached hydrogens (primary N) is 1. The van der Waals surface area contributed by atoms with Crippen molar-refractivity contribution in [3.05, 3.63) is 28.2 Å². The van der Waals surface area contributed by atoms with E-state index in [0.29, 0.717) is 13.1 Å². The molecule has 1 unspecified atom stereocenters. The molecular weight excluding hydrogens is 268 g/mol. The minimum Gasteiger partial charge on any atom is -0.496 e. The number of hydrogen-bond acceptors (Lipinski definition) is 3. The van der Waals surface area contributed by atoms with Gasteiger partial charge in [0.1, 0.15) is 5.75 Å². The average Bonchev–Trinajstić information content (AvgIpc) is 2.30. The molecule has 16 heavy (non-hydrogen) atoms. The topological polar surface area (TPSA) is 47.3 Å². The van der Waals surface area contributed by atoms with Crippen LogP contribution in [0.15, 0.2) is 22.7 Å². The lowest BCUT2D eigenvalue weighted by atomic mass is 10.1. The molecule has 3 N–H and O–H groups in total. The molecule has 0 bridgehead atoms. The summed E-state index contributed by atoms with van der Waals surface area (Å²) in [6.45, 7) is 1.01. The van der Waals surface area contributed by atoms with Crippen molar-refractivity contribution in [3.8, 4) is 18.1 Å². The van der Waals surface area contributed by atoms with Gasteiger partial charge in [-0.15, -0.1) is 6.42 Å². The van der Waals surface area contributed by atoms with Crippen molar-refractivity contribution in [3.63, 3.8) is 0 Å². The Hall–Kier alpha value is -1.02. The number of hydrogen-bond donors (Lipinski definition) is 2. The Kier molecular flexibility index (Phi) is 5.33. The molecule has 0 amide bonds. The van der Waals surface area contributed by atoms with E-state index in [4.69, 9.17) is 16.9 Å². The molecule has 1 atom stereocenters. The van der Waals surface area contributed by atoms with Crippen LogP contribution in [0.1, 0.15) is 11.6 Å². The molecule has 0 aliphatic rings. The van der Waals surface area contributed by atoms with Crippen LogP contribution in [0.5, 0.6) is 5.75 Å². The van der Waals surface area contributed by atoms with Crippen LogP contribution in [0, 0.1) is 12.3 Å². The van der Waals surface area contributed by atoms with Gasteiger partial charge in [-0.25, -0.2) is 0 Å². The van der Waals surface area contributed by atoms with Gasteiger partial charge in [0.25, 0.3) is 0 Å². The van der Waals surface area contributed by atoms with Crippen molar-refractivity contribution < 1.29 is 4.74 Å². The van der Waals surface area contributed by atoms with Gasteiger partial charge in [0.15, 0.2) is 0 Å². The first-order valence-electron chi connectivity index (χ1n) is 4.93. The van der Waals surface area contributed by atoms with Crippen LogP contribution in [0.25, 0.3) is 0 Å². The fourth-order valence-electron chi connectivity index (χ4n) is 1.42. The Morgan fingerprint density at radius 1 is 1.62 bits per heavy atom. The highest BCUT2D eigenvalue weighted by Gasteiger charge is 2.10. The highest BCUT2D eigenvalue weighted by molar-refractivity contribution is 9.10. The molecule has 3 nitrogen and oxygen atoms in total. The number of methoxy groups -OCH3 is 1. The molecule has 1 rings (SSSR count). The summed E-state index contributed by atoms with van der Waals surface area (Å²) in [5, 5.41) is 3.18. The van der Waals surface area contributed by atoms with Crippen LogP contribution < -0.4 is 15.8 Å². The van der Waals surface area contributed by atoms with Gasteiger partial charge in [-0.1, -0.05) is 12.0 Å². The zero-order chi connectivity index (χ0) is 12.0. The van der Waals surface area contributed by atoms with Gasteiger partial charge >= 0.3 is 0 Å². The van der Waals surface area contributed by atoms with Gasteiger partial charge in [-0.05, 0) is 33.6 Å². The lowest BCUT2D eigenvalue weighted by Gasteiger charge is -2.16. The normalized spacial score (nSPS) is 11.9. The molecule has 0 spiro atoms. The van der Waals surface area contributed by atoms with Crippen molar-refractivity contribution in [1.82, 2.24) is 5.32 Å². The summed E-state index contributed by atoms with van der Waals surface area (Å²) >= 11 is 3.44. The fourth-order valence-corrected chi connectivity index (χ4v) is 1.98. The molecule has 0 aliphatic heterocycles. The summed E-state index contributed by atoms with van der Waals surface area (Å²) in [5.41, 5.74) is 6.78. The maximum absolute atomic E-state index is 5.69. The molecule has 0 radical (unpaired) electrons.